The van der Waals surface area contributed by atoms with Gasteiger partial charge in [0.1, 0.15) is 5.82 Å². The molecule has 25 heavy (non-hydrogen) atoms. The lowest BCUT2D eigenvalue weighted by Gasteiger charge is -2.49. The Balaban J connectivity index is 1.91. The van der Waals surface area contributed by atoms with E-state index in [0.29, 0.717) is 0 Å². The van der Waals surface area contributed by atoms with Crippen molar-refractivity contribution >= 4 is 18.9 Å². The van der Waals surface area contributed by atoms with Gasteiger partial charge in [-0.3, -0.25) is 4.79 Å². The van der Waals surface area contributed by atoms with Crippen molar-refractivity contribution in [2.75, 3.05) is 23.8 Å². The maximum Gasteiger partial charge on any atom is 0.268 e. The first kappa shape index (κ1) is 18.8. The Bertz CT molecular complexity index is 622. The van der Waals surface area contributed by atoms with Gasteiger partial charge in [0.05, 0.1) is 18.5 Å². The van der Waals surface area contributed by atoms with Crippen LogP contribution in [0.25, 0.3) is 0 Å². The van der Waals surface area contributed by atoms with Crippen molar-refractivity contribution < 1.29 is 9.18 Å². The highest BCUT2D eigenvalue weighted by atomic mass is 31.2. The third kappa shape index (κ3) is 3.25. The highest BCUT2D eigenvalue weighted by Gasteiger charge is 2.64. The van der Waals surface area contributed by atoms with Gasteiger partial charge >= 0.3 is 0 Å². The largest absolute Gasteiger partial charge is 0.322 e. The molecule has 1 aliphatic heterocycles. The normalized spacial score (nSPS) is 21.9. The molecule has 2 aliphatic rings. The predicted octanol–water partition coefficient (Wildman–Crippen LogP) is 5.92. The van der Waals surface area contributed by atoms with Gasteiger partial charge in [0.2, 0.25) is 0 Å². The molecule has 1 N–H and O–H groups in total. The molecule has 1 aromatic carbocycles. The minimum Gasteiger partial charge on any atom is -0.322 e. The Morgan fingerprint density at radius 3 is 2.08 bits per heavy atom. The number of carbonyl (C=O) groups excluding carboxylic acids is 1. The number of hydrogen-bond acceptors (Lipinski definition) is 1. The SMILES string of the molecule is CC[P+]1(C2(C(=O)Nc3c(C)cc(F)cc3C)CCC2)CCCCCC1. The lowest BCUT2D eigenvalue weighted by Crippen LogP contribution is -2.52. The summed E-state index contributed by atoms with van der Waals surface area (Å²) in [6.45, 7) is 6.09. The summed E-state index contributed by atoms with van der Waals surface area (Å²) in [7, 11) is -1.27. The zero-order valence-electron chi connectivity index (χ0n) is 16.0. The molecule has 1 amide bonds. The van der Waals surface area contributed by atoms with Gasteiger partial charge in [-0.15, -0.1) is 0 Å². The van der Waals surface area contributed by atoms with Gasteiger partial charge in [0.25, 0.3) is 5.91 Å². The third-order valence-corrected chi connectivity index (χ3v) is 12.8. The average molecular weight is 364 g/mol. The molecule has 0 atom stereocenters. The van der Waals surface area contributed by atoms with Gasteiger partial charge in [-0.25, -0.2) is 4.39 Å². The molecule has 138 valence electrons. The van der Waals surface area contributed by atoms with Gasteiger partial charge in [-0.2, -0.15) is 0 Å². The van der Waals surface area contributed by atoms with Crippen molar-refractivity contribution in [1.29, 1.82) is 0 Å². The molecule has 0 spiro atoms. The van der Waals surface area contributed by atoms with Gasteiger partial charge in [-0.1, -0.05) is 0 Å². The van der Waals surface area contributed by atoms with E-state index in [9.17, 15) is 9.18 Å². The molecule has 2 fully saturated rings. The zero-order valence-corrected chi connectivity index (χ0v) is 16.9. The predicted molar refractivity (Wildman–Crippen MR) is 107 cm³/mol. The van der Waals surface area contributed by atoms with Crippen LogP contribution in [0.2, 0.25) is 0 Å². The molecule has 1 saturated heterocycles. The number of carbonyl (C=O) groups is 1. The van der Waals surface area contributed by atoms with E-state index >= 15 is 0 Å². The van der Waals surface area contributed by atoms with Crippen molar-refractivity contribution in [1.82, 2.24) is 0 Å². The molecule has 0 bridgehead atoms. The number of nitrogens with one attached hydrogen (secondary N) is 1. The second-order valence-corrected chi connectivity index (χ2v) is 12.7. The second kappa shape index (κ2) is 7.35. The van der Waals surface area contributed by atoms with E-state index in [1.54, 1.807) is 0 Å². The van der Waals surface area contributed by atoms with E-state index in [-0.39, 0.29) is 16.9 Å². The molecule has 1 heterocycles. The summed E-state index contributed by atoms with van der Waals surface area (Å²) >= 11 is 0. The van der Waals surface area contributed by atoms with E-state index in [2.05, 4.69) is 12.2 Å². The molecule has 1 aromatic rings. The van der Waals surface area contributed by atoms with E-state index < -0.39 is 7.26 Å². The number of aryl methyl sites for hydroxylation is 2. The number of benzene rings is 1. The van der Waals surface area contributed by atoms with Gasteiger partial charge in [0, 0.05) is 12.9 Å². The van der Waals surface area contributed by atoms with Crippen molar-refractivity contribution in [3.63, 3.8) is 0 Å². The van der Waals surface area contributed by atoms with Crippen molar-refractivity contribution in [3.8, 4) is 0 Å². The van der Waals surface area contributed by atoms with Crippen molar-refractivity contribution in [2.24, 2.45) is 0 Å². The molecular formula is C21H32FNOP+. The Morgan fingerprint density at radius 2 is 1.64 bits per heavy atom. The van der Waals surface area contributed by atoms with Gasteiger partial charge < -0.3 is 5.32 Å². The maximum atomic E-state index is 13.6. The highest BCUT2D eigenvalue weighted by Crippen LogP contribution is 2.76. The van der Waals surface area contributed by atoms with Crippen molar-refractivity contribution in [2.45, 2.75) is 70.9 Å². The fourth-order valence-corrected chi connectivity index (χ4v) is 10.8. The molecule has 3 rings (SSSR count). The fraction of sp³-hybridized carbons (Fsp3) is 0.667. The summed E-state index contributed by atoms with van der Waals surface area (Å²) in [6, 6.07) is 3.04. The Hall–Kier alpha value is -0.950. The molecular weight excluding hydrogens is 332 g/mol. The molecule has 1 aliphatic carbocycles. The molecule has 2 nitrogen and oxygen atoms in total. The summed E-state index contributed by atoms with van der Waals surface area (Å²) in [5.41, 5.74) is 2.47. The minimum atomic E-state index is -1.27. The van der Waals surface area contributed by atoms with Crippen LogP contribution < -0.4 is 5.32 Å². The molecule has 0 unspecified atom stereocenters. The number of anilines is 1. The number of hydrogen-bond donors (Lipinski definition) is 1. The second-order valence-electron chi connectivity index (χ2n) is 8.08. The van der Waals surface area contributed by atoms with Crippen LogP contribution in [0, 0.1) is 19.7 Å². The molecule has 4 heteroatoms. The lowest BCUT2D eigenvalue weighted by molar-refractivity contribution is -0.120. The highest BCUT2D eigenvalue weighted by molar-refractivity contribution is 7.78. The maximum absolute atomic E-state index is 13.6. The summed E-state index contributed by atoms with van der Waals surface area (Å²) in [4.78, 5) is 13.5. The summed E-state index contributed by atoms with van der Waals surface area (Å²) in [5.74, 6) is 0.00120. The van der Waals surface area contributed by atoms with Crippen molar-refractivity contribution in [3.05, 3.63) is 29.1 Å². The Kier molecular flexibility index (Phi) is 5.54. The number of rotatable bonds is 4. The van der Waals surface area contributed by atoms with Crippen LogP contribution >= 0.6 is 7.26 Å². The topological polar surface area (TPSA) is 29.1 Å². The standard InChI is InChI=1S/C21H31FNOP/c1-4-25(12-7-5-6-8-13-25)21(10-9-11-21)20(24)23-19-16(2)14-18(22)15-17(19)3/h14-15H,4-13H2,1-3H3/p+1. The first-order chi connectivity index (χ1) is 11.9. The monoisotopic (exact) mass is 364 g/mol. The summed E-state index contributed by atoms with van der Waals surface area (Å²) in [6.07, 6.45) is 12.3. The van der Waals surface area contributed by atoms with Gasteiger partial charge in [-0.05, 0) is 89.0 Å². The van der Waals surface area contributed by atoms with E-state index in [0.717, 1.165) is 29.7 Å². The minimum absolute atomic E-state index is 0.112. The quantitative estimate of drug-likeness (QED) is 0.661. The molecule has 0 aromatic heterocycles. The van der Waals surface area contributed by atoms with E-state index in [1.807, 2.05) is 13.8 Å². The van der Waals surface area contributed by atoms with Crippen LogP contribution in [0.3, 0.4) is 0 Å². The fourth-order valence-electron chi connectivity index (χ4n) is 5.11. The van der Waals surface area contributed by atoms with Crippen LogP contribution in [0.5, 0.6) is 0 Å². The third-order valence-electron chi connectivity index (χ3n) is 6.77. The van der Waals surface area contributed by atoms with Crippen LogP contribution in [0.15, 0.2) is 12.1 Å². The molecule has 1 saturated carbocycles. The zero-order chi connectivity index (χ0) is 18.1. The van der Waals surface area contributed by atoms with E-state index in [4.69, 9.17) is 0 Å². The Labute approximate surface area is 152 Å². The first-order valence-corrected chi connectivity index (χ1v) is 12.2. The smallest absolute Gasteiger partial charge is 0.268 e. The van der Waals surface area contributed by atoms with E-state index in [1.165, 1.54) is 62.7 Å². The summed E-state index contributed by atoms with van der Waals surface area (Å²) < 4.78 is 13.6. The van der Waals surface area contributed by atoms with Crippen LogP contribution in [0.1, 0.15) is 63.0 Å². The lowest BCUT2D eigenvalue weighted by atomic mass is 9.83. The average Bonchev–Trinajstić information content (AvgIpc) is 2.76. The van der Waals surface area contributed by atoms with Crippen LogP contribution in [-0.2, 0) is 4.79 Å². The number of amides is 1. The number of halogens is 1. The van der Waals surface area contributed by atoms with Gasteiger partial charge in [0.15, 0.2) is 5.16 Å². The Morgan fingerprint density at radius 1 is 1.08 bits per heavy atom. The first-order valence-electron chi connectivity index (χ1n) is 9.88. The van der Waals surface area contributed by atoms with Crippen LogP contribution in [-0.4, -0.2) is 29.5 Å². The summed E-state index contributed by atoms with van der Waals surface area (Å²) in [5, 5.41) is 3.14. The molecule has 0 radical (unpaired) electrons. The van der Waals surface area contributed by atoms with Crippen LogP contribution in [0.4, 0.5) is 10.1 Å².